The minimum Gasteiger partial charge on any atom is -0.493 e. The Labute approximate surface area is 116 Å². The van der Waals surface area contributed by atoms with Crippen LogP contribution in [0, 0.1) is 0 Å². The first-order valence-corrected chi connectivity index (χ1v) is 6.12. The summed E-state index contributed by atoms with van der Waals surface area (Å²) in [5.74, 6) is 1.11. The lowest BCUT2D eigenvalue weighted by Gasteiger charge is -2.14. The van der Waals surface area contributed by atoms with Crippen LogP contribution in [0.1, 0.15) is 11.1 Å². The Bertz CT molecular complexity index is 538. The van der Waals surface area contributed by atoms with E-state index in [0.717, 1.165) is 5.56 Å². The van der Waals surface area contributed by atoms with Crippen LogP contribution in [0.2, 0.25) is 5.02 Å². The van der Waals surface area contributed by atoms with Gasteiger partial charge in [-0.2, -0.15) is 0 Å². The Morgan fingerprint density at radius 1 is 1.26 bits per heavy atom. The predicted molar refractivity (Wildman–Crippen MR) is 72.5 cm³/mol. The third-order valence-electron chi connectivity index (χ3n) is 2.68. The van der Waals surface area contributed by atoms with Crippen LogP contribution in [-0.4, -0.2) is 17.2 Å². The summed E-state index contributed by atoms with van der Waals surface area (Å²) in [5, 5.41) is 9.86. The lowest BCUT2D eigenvalue weighted by molar-refractivity contribution is 0.250. The van der Waals surface area contributed by atoms with Crippen LogP contribution in [-0.2, 0) is 13.2 Å². The van der Waals surface area contributed by atoms with Crippen LogP contribution < -0.4 is 9.47 Å². The van der Waals surface area contributed by atoms with Crippen molar-refractivity contribution in [3.8, 4) is 11.5 Å². The first-order chi connectivity index (χ1) is 9.26. The van der Waals surface area contributed by atoms with Crippen molar-refractivity contribution in [2.75, 3.05) is 7.11 Å². The van der Waals surface area contributed by atoms with E-state index in [4.69, 9.17) is 21.1 Å². The van der Waals surface area contributed by atoms with Gasteiger partial charge in [0.1, 0.15) is 6.61 Å². The molecule has 4 nitrogen and oxygen atoms in total. The van der Waals surface area contributed by atoms with Crippen molar-refractivity contribution in [2.24, 2.45) is 0 Å². The second-order valence-corrected chi connectivity index (χ2v) is 4.27. The molecule has 100 valence electrons. The summed E-state index contributed by atoms with van der Waals surface area (Å²) in [6.45, 7) is 0.172. The zero-order chi connectivity index (χ0) is 13.7. The highest BCUT2D eigenvalue weighted by molar-refractivity contribution is 6.31. The van der Waals surface area contributed by atoms with E-state index in [1.165, 1.54) is 0 Å². The SMILES string of the molecule is COc1cccc(CO)c1OCc1ccncc1Cl. The Hall–Kier alpha value is -1.78. The molecule has 1 aromatic carbocycles. The fourth-order valence-electron chi connectivity index (χ4n) is 1.68. The molecule has 0 bridgehead atoms. The number of ether oxygens (including phenoxy) is 2. The lowest BCUT2D eigenvalue weighted by atomic mass is 10.2. The number of rotatable bonds is 5. The molecule has 0 unspecified atom stereocenters. The van der Waals surface area contributed by atoms with Gasteiger partial charge in [0, 0.05) is 23.5 Å². The van der Waals surface area contributed by atoms with Gasteiger partial charge in [0.05, 0.1) is 18.7 Å². The molecule has 1 heterocycles. The molecule has 0 fully saturated rings. The molecule has 0 saturated heterocycles. The van der Waals surface area contributed by atoms with Gasteiger partial charge in [-0.1, -0.05) is 23.7 Å². The van der Waals surface area contributed by atoms with Gasteiger partial charge in [-0.3, -0.25) is 4.98 Å². The first kappa shape index (κ1) is 13.6. The van der Waals surface area contributed by atoms with Crippen molar-refractivity contribution in [1.29, 1.82) is 0 Å². The van der Waals surface area contributed by atoms with E-state index in [2.05, 4.69) is 4.98 Å². The summed E-state index contributed by atoms with van der Waals surface area (Å²) in [6.07, 6.45) is 3.22. The highest BCUT2D eigenvalue weighted by Crippen LogP contribution is 2.32. The van der Waals surface area contributed by atoms with Gasteiger partial charge >= 0.3 is 0 Å². The summed E-state index contributed by atoms with van der Waals surface area (Å²) in [7, 11) is 1.56. The van der Waals surface area contributed by atoms with Crippen molar-refractivity contribution < 1.29 is 14.6 Å². The second-order valence-electron chi connectivity index (χ2n) is 3.86. The molecular weight excluding hydrogens is 266 g/mol. The van der Waals surface area contributed by atoms with Crippen LogP contribution in [0.15, 0.2) is 36.7 Å². The first-order valence-electron chi connectivity index (χ1n) is 5.74. The standard InChI is InChI=1S/C14H14ClNO3/c1-18-13-4-2-3-10(8-17)14(13)19-9-11-5-6-16-7-12(11)15/h2-7,17H,8-9H2,1H3. The summed E-state index contributed by atoms with van der Waals surface area (Å²) >= 11 is 6.01. The average molecular weight is 280 g/mol. The van der Waals surface area contributed by atoms with E-state index in [9.17, 15) is 5.11 Å². The van der Waals surface area contributed by atoms with Gasteiger partial charge in [0.25, 0.3) is 0 Å². The minimum absolute atomic E-state index is 0.114. The van der Waals surface area contributed by atoms with Crippen molar-refractivity contribution >= 4 is 11.6 Å². The van der Waals surface area contributed by atoms with Gasteiger partial charge in [-0.05, 0) is 12.1 Å². The van der Waals surface area contributed by atoms with Crippen molar-refractivity contribution in [3.05, 3.63) is 52.8 Å². The molecule has 0 aliphatic carbocycles. The molecule has 0 saturated carbocycles. The fraction of sp³-hybridized carbons (Fsp3) is 0.214. The number of aliphatic hydroxyl groups is 1. The normalized spacial score (nSPS) is 10.3. The third kappa shape index (κ3) is 3.16. The number of aliphatic hydroxyl groups excluding tert-OH is 1. The molecule has 5 heteroatoms. The minimum atomic E-state index is -0.114. The predicted octanol–water partition coefficient (Wildman–Crippen LogP) is 2.81. The molecule has 0 aliphatic rings. The van der Waals surface area contributed by atoms with Gasteiger partial charge in [-0.25, -0.2) is 0 Å². The molecule has 0 radical (unpaired) electrons. The van der Waals surface area contributed by atoms with Crippen LogP contribution in [0.4, 0.5) is 0 Å². The Morgan fingerprint density at radius 3 is 2.79 bits per heavy atom. The largest absolute Gasteiger partial charge is 0.493 e. The van der Waals surface area contributed by atoms with E-state index in [1.807, 2.05) is 0 Å². The van der Waals surface area contributed by atoms with E-state index >= 15 is 0 Å². The quantitative estimate of drug-likeness (QED) is 0.914. The maximum Gasteiger partial charge on any atom is 0.167 e. The number of para-hydroxylation sites is 1. The third-order valence-corrected chi connectivity index (χ3v) is 3.02. The number of aromatic nitrogens is 1. The Morgan fingerprint density at radius 2 is 2.11 bits per heavy atom. The maximum atomic E-state index is 9.32. The summed E-state index contributed by atoms with van der Waals surface area (Å²) in [5.41, 5.74) is 1.50. The van der Waals surface area contributed by atoms with E-state index in [1.54, 1.807) is 43.8 Å². The monoisotopic (exact) mass is 279 g/mol. The molecular formula is C14H14ClNO3. The number of nitrogens with zero attached hydrogens (tertiary/aromatic N) is 1. The van der Waals surface area contributed by atoms with Gasteiger partial charge in [0.2, 0.25) is 0 Å². The fourth-order valence-corrected chi connectivity index (χ4v) is 1.86. The number of halogens is 1. The summed E-state index contributed by atoms with van der Waals surface area (Å²) in [4.78, 5) is 3.92. The van der Waals surface area contributed by atoms with Crippen LogP contribution >= 0.6 is 11.6 Å². The molecule has 0 spiro atoms. The number of benzene rings is 1. The molecule has 19 heavy (non-hydrogen) atoms. The second kappa shape index (κ2) is 6.41. The summed E-state index contributed by atoms with van der Waals surface area (Å²) in [6, 6.07) is 7.15. The molecule has 1 aromatic heterocycles. The smallest absolute Gasteiger partial charge is 0.167 e. The van der Waals surface area contributed by atoms with E-state index < -0.39 is 0 Å². The highest BCUT2D eigenvalue weighted by atomic mass is 35.5. The molecule has 1 N–H and O–H groups in total. The van der Waals surface area contributed by atoms with Crippen molar-refractivity contribution in [2.45, 2.75) is 13.2 Å². The molecule has 2 aromatic rings. The lowest BCUT2D eigenvalue weighted by Crippen LogP contribution is -2.01. The molecule has 2 rings (SSSR count). The Balaban J connectivity index is 2.21. The molecule has 0 aliphatic heterocycles. The van der Waals surface area contributed by atoms with Crippen molar-refractivity contribution in [1.82, 2.24) is 4.98 Å². The van der Waals surface area contributed by atoms with Crippen LogP contribution in [0.3, 0.4) is 0 Å². The van der Waals surface area contributed by atoms with Gasteiger partial charge in [0.15, 0.2) is 11.5 Å². The zero-order valence-corrected chi connectivity index (χ0v) is 11.2. The van der Waals surface area contributed by atoms with Gasteiger partial charge < -0.3 is 14.6 Å². The Kier molecular flexibility index (Phi) is 4.60. The topological polar surface area (TPSA) is 51.6 Å². The number of methoxy groups -OCH3 is 1. The van der Waals surface area contributed by atoms with E-state index in [-0.39, 0.29) is 13.2 Å². The van der Waals surface area contributed by atoms with Crippen LogP contribution in [0.25, 0.3) is 0 Å². The van der Waals surface area contributed by atoms with Gasteiger partial charge in [-0.15, -0.1) is 0 Å². The molecule has 0 atom stereocenters. The van der Waals surface area contributed by atoms with Crippen molar-refractivity contribution in [3.63, 3.8) is 0 Å². The molecule has 0 amide bonds. The maximum absolute atomic E-state index is 9.32. The summed E-state index contributed by atoms with van der Waals surface area (Å²) < 4.78 is 10.9. The number of hydrogen-bond donors (Lipinski definition) is 1. The average Bonchev–Trinajstić information content (AvgIpc) is 2.46. The highest BCUT2D eigenvalue weighted by Gasteiger charge is 2.10. The number of hydrogen-bond acceptors (Lipinski definition) is 4. The number of pyridine rings is 1. The van der Waals surface area contributed by atoms with Crippen LogP contribution in [0.5, 0.6) is 11.5 Å². The van der Waals surface area contributed by atoms with E-state index in [0.29, 0.717) is 22.1 Å². The zero-order valence-electron chi connectivity index (χ0n) is 10.5.